The Morgan fingerprint density at radius 1 is 1.38 bits per heavy atom. The van der Waals surface area contributed by atoms with Gasteiger partial charge in [0.1, 0.15) is 12.9 Å². The van der Waals surface area contributed by atoms with Crippen molar-refractivity contribution in [1.82, 2.24) is 4.90 Å². The third kappa shape index (κ3) is 5.51. The van der Waals surface area contributed by atoms with E-state index >= 15 is 0 Å². The SMILES string of the molecule is C=CCN(C)CC=CCOc1ccc(C2(Br)C=CC(C=O)=CC2)cc1F. The lowest BCUT2D eigenvalue weighted by atomic mass is 9.90. The predicted octanol–water partition coefficient (Wildman–Crippen LogP) is 4.55. The average Bonchev–Trinajstić information content (AvgIpc) is 2.63. The molecule has 1 aromatic carbocycles. The van der Waals surface area contributed by atoms with Crippen LogP contribution in [0.2, 0.25) is 0 Å². The number of ether oxygens (including phenoxy) is 1. The standard InChI is InChI=1S/C21H23BrFNO2/c1-3-12-24(2)13-4-5-14-26-20-7-6-18(15-19(20)23)21(22)10-8-17(16-25)9-11-21/h3-10,15-16H,1,11-14H2,2H3. The van der Waals surface area contributed by atoms with Gasteiger partial charge in [-0.3, -0.25) is 9.69 Å². The van der Waals surface area contributed by atoms with Crippen molar-refractivity contribution in [2.24, 2.45) is 0 Å². The second-order valence-corrected chi connectivity index (χ2v) is 7.57. The van der Waals surface area contributed by atoms with Crippen LogP contribution < -0.4 is 4.74 Å². The molecule has 1 aromatic rings. The number of hydrogen-bond acceptors (Lipinski definition) is 3. The number of hydrogen-bond donors (Lipinski definition) is 0. The van der Waals surface area contributed by atoms with E-state index in [9.17, 15) is 9.18 Å². The summed E-state index contributed by atoms with van der Waals surface area (Å²) in [6.45, 7) is 5.59. The molecule has 1 unspecified atom stereocenters. The maximum atomic E-state index is 14.4. The molecule has 0 saturated heterocycles. The van der Waals surface area contributed by atoms with E-state index in [0.29, 0.717) is 18.6 Å². The highest BCUT2D eigenvalue weighted by Crippen LogP contribution is 2.40. The van der Waals surface area contributed by atoms with Crippen LogP contribution in [0, 0.1) is 5.82 Å². The number of halogens is 2. The summed E-state index contributed by atoms with van der Waals surface area (Å²) in [5.74, 6) is -0.185. The molecule has 0 fully saturated rings. The van der Waals surface area contributed by atoms with Crippen LogP contribution in [0.5, 0.6) is 5.75 Å². The number of carbonyl (C=O) groups is 1. The highest BCUT2D eigenvalue weighted by molar-refractivity contribution is 9.09. The first-order valence-electron chi connectivity index (χ1n) is 8.39. The number of alkyl halides is 1. The average molecular weight is 420 g/mol. The summed E-state index contributed by atoms with van der Waals surface area (Å²) in [4.78, 5) is 12.9. The zero-order valence-corrected chi connectivity index (χ0v) is 16.4. The minimum atomic E-state index is -0.505. The van der Waals surface area contributed by atoms with Crippen LogP contribution in [0.25, 0.3) is 0 Å². The first kappa shape index (κ1) is 20.3. The van der Waals surface area contributed by atoms with E-state index < -0.39 is 10.1 Å². The minimum absolute atomic E-state index is 0.220. The Hall–Kier alpha value is -1.98. The Labute approximate surface area is 162 Å². The van der Waals surface area contributed by atoms with Crippen LogP contribution in [0.3, 0.4) is 0 Å². The summed E-state index contributed by atoms with van der Waals surface area (Å²) in [6.07, 6.45) is 12.5. The van der Waals surface area contributed by atoms with Gasteiger partial charge in [0.2, 0.25) is 0 Å². The van der Waals surface area contributed by atoms with Crippen molar-refractivity contribution in [2.75, 3.05) is 26.7 Å². The molecule has 0 saturated carbocycles. The summed E-state index contributed by atoms with van der Waals surface area (Å²) in [5, 5.41) is 0. The van der Waals surface area contributed by atoms with Crippen LogP contribution in [-0.2, 0) is 9.12 Å². The van der Waals surface area contributed by atoms with Crippen molar-refractivity contribution in [3.63, 3.8) is 0 Å². The van der Waals surface area contributed by atoms with Crippen LogP contribution >= 0.6 is 15.9 Å². The second kappa shape index (κ2) is 9.64. The smallest absolute Gasteiger partial charge is 0.165 e. The van der Waals surface area contributed by atoms with Gasteiger partial charge >= 0.3 is 0 Å². The van der Waals surface area contributed by atoms with Crippen molar-refractivity contribution in [1.29, 1.82) is 0 Å². The molecule has 1 atom stereocenters. The molecule has 1 aliphatic rings. The Bertz CT molecular complexity index is 742. The number of aldehydes is 1. The molecule has 2 rings (SSSR count). The topological polar surface area (TPSA) is 29.5 Å². The number of rotatable bonds is 9. The summed E-state index contributed by atoms with van der Waals surface area (Å²) in [7, 11) is 1.99. The highest BCUT2D eigenvalue weighted by Gasteiger charge is 2.28. The van der Waals surface area contributed by atoms with E-state index in [1.54, 1.807) is 12.1 Å². The number of nitrogens with zero attached hydrogens (tertiary/aromatic N) is 1. The molecule has 0 spiro atoms. The molecule has 1 aliphatic carbocycles. The number of benzene rings is 1. The fourth-order valence-electron chi connectivity index (χ4n) is 2.56. The maximum absolute atomic E-state index is 14.4. The fraction of sp³-hybridized carbons (Fsp3) is 0.286. The molecular weight excluding hydrogens is 397 g/mol. The first-order valence-corrected chi connectivity index (χ1v) is 9.18. The van der Waals surface area contributed by atoms with E-state index in [1.165, 1.54) is 6.07 Å². The summed E-state index contributed by atoms with van der Waals surface area (Å²) in [6, 6.07) is 4.94. The zero-order chi connectivity index (χ0) is 19.0. The van der Waals surface area contributed by atoms with Gasteiger partial charge in [0.05, 0.1) is 4.32 Å². The minimum Gasteiger partial charge on any atom is -0.486 e. The van der Waals surface area contributed by atoms with Crippen molar-refractivity contribution < 1.29 is 13.9 Å². The molecule has 0 amide bonds. The van der Waals surface area contributed by atoms with Crippen molar-refractivity contribution in [3.05, 3.63) is 78.2 Å². The molecule has 0 bridgehead atoms. The molecule has 138 valence electrons. The van der Waals surface area contributed by atoms with E-state index in [-0.39, 0.29) is 5.75 Å². The van der Waals surface area contributed by atoms with Gasteiger partial charge in [-0.05, 0) is 31.2 Å². The zero-order valence-electron chi connectivity index (χ0n) is 14.8. The van der Waals surface area contributed by atoms with E-state index in [1.807, 2.05) is 43.5 Å². The lowest BCUT2D eigenvalue weighted by Crippen LogP contribution is -2.18. The van der Waals surface area contributed by atoms with Crippen molar-refractivity contribution in [2.45, 2.75) is 10.7 Å². The van der Waals surface area contributed by atoms with Gasteiger partial charge in [-0.1, -0.05) is 58.5 Å². The van der Waals surface area contributed by atoms with E-state index in [2.05, 4.69) is 27.4 Å². The number of allylic oxidation sites excluding steroid dienone is 4. The molecule has 0 heterocycles. The molecule has 0 aromatic heterocycles. The van der Waals surface area contributed by atoms with Gasteiger partial charge in [0.25, 0.3) is 0 Å². The van der Waals surface area contributed by atoms with Gasteiger partial charge in [0.15, 0.2) is 11.6 Å². The first-order chi connectivity index (χ1) is 12.5. The lowest BCUT2D eigenvalue weighted by molar-refractivity contribution is -0.104. The summed E-state index contributed by atoms with van der Waals surface area (Å²) in [5.41, 5.74) is 1.41. The third-order valence-electron chi connectivity index (χ3n) is 4.08. The fourth-order valence-corrected chi connectivity index (χ4v) is 3.10. The largest absolute Gasteiger partial charge is 0.486 e. The number of carbonyl (C=O) groups excluding carboxylic acids is 1. The normalized spacial score (nSPS) is 19.6. The Balaban J connectivity index is 1.94. The highest BCUT2D eigenvalue weighted by atomic mass is 79.9. The van der Waals surface area contributed by atoms with Crippen LogP contribution in [-0.4, -0.2) is 37.9 Å². The van der Waals surface area contributed by atoms with Crippen molar-refractivity contribution in [3.8, 4) is 5.75 Å². The Morgan fingerprint density at radius 3 is 2.81 bits per heavy atom. The molecule has 0 N–H and O–H groups in total. The van der Waals surface area contributed by atoms with Gasteiger partial charge < -0.3 is 4.74 Å². The quantitative estimate of drug-likeness (QED) is 0.334. The summed E-state index contributed by atoms with van der Waals surface area (Å²) >= 11 is 3.64. The van der Waals surface area contributed by atoms with Gasteiger partial charge in [-0.2, -0.15) is 0 Å². The van der Waals surface area contributed by atoms with Crippen LogP contribution in [0.4, 0.5) is 4.39 Å². The van der Waals surface area contributed by atoms with E-state index in [0.717, 1.165) is 24.9 Å². The molecule has 0 aliphatic heterocycles. The Kier molecular flexibility index (Phi) is 7.54. The number of likely N-dealkylation sites (N-methyl/N-ethyl adjacent to an activating group) is 1. The molecular formula is C21H23BrFNO2. The van der Waals surface area contributed by atoms with Gasteiger partial charge in [-0.25, -0.2) is 4.39 Å². The Morgan fingerprint density at radius 2 is 2.19 bits per heavy atom. The van der Waals surface area contributed by atoms with E-state index in [4.69, 9.17) is 4.74 Å². The second-order valence-electron chi connectivity index (χ2n) is 6.16. The van der Waals surface area contributed by atoms with Gasteiger partial charge in [-0.15, -0.1) is 6.58 Å². The summed E-state index contributed by atoms with van der Waals surface area (Å²) < 4.78 is 19.4. The monoisotopic (exact) mass is 419 g/mol. The molecule has 3 nitrogen and oxygen atoms in total. The molecule has 0 radical (unpaired) electrons. The van der Waals surface area contributed by atoms with Crippen molar-refractivity contribution >= 4 is 22.2 Å². The predicted molar refractivity (Wildman–Crippen MR) is 107 cm³/mol. The van der Waals surface area contributed by atoms with Gasteiger partial charge in [0, 0.05) is 18.7 Å². The third-order valence-corrected chi connectivity index (χ3v) is 5.13. The molecule has 26 heavy (non-hydrogen) atoms. The van der Waals surface area contributed by atoms with Crippen LogP contribution in [0.1, 0.15) is 12.0 Å². The lowest BCUT2D eigenvalue weighted by Gasteiger charge is -2.26. The molecule has 5 heteroatoms. The maximum Gasteiger partial charge on any atom is 0.165 e. The van der Waals surface area contributed by atoms with Crippen LogP contribution in [0.15, 0.2) is 66.8 Å².